The van der Waals surface area contributed by atoms with Gasteiger partial charge in [0.2, 0.25) is 0 Å². The number of carbonyl (C=O) groups excluding carboxylic acids is 1. The van der Waals surface area contributed by atoms with Crippen LogP contribution >= 0.6 is 0 Å². The van der Waals surface area contributed by atoms with Crippen molar-refractivity contribution in [1.82, 2.24) is 10.3 Å². The molecule has 0 bridgehead atoms. The molecule has 1 fully saturated rings. The molecule has 1 aliphatic heterocycles. The Balaban J connectivity index is 2.30. The lowest BCUT2D eigenvalue weighted by Crippen LogP contribution is -2.50. The third-order valence-corrected chi connectivity index (χ3v) is 4.26. The van der Waals surface area contributed by atoms with Crippen molar-refractivity contribution in [2.45, 2.75) is 38.8 Å². The number of carbonyl (C=O) groups is 1. The number of rotatable bonds is 3. The highest BCUT2D eigenvalue weighted by molar-refractivity contribution is 5.82. The van der Waals surface area contributed by atoms with E-state index in [4.69, 9.17) is 5.84 Å². The maximum Gasteiger partial charge on any atom is 0.255 e. The van der Waals surface area contributed by atoms with Crippen LogP contribution in [0.25, 0.3) is 0 Å². The molecular formula is C15H23N3O. The number of amides is 1. The number of nitrogens with two attached hydrogens (primary N) is 1. The molecule has 3 unspecified atom stereocenters. The first-order chi connectivity index (χ1) is 9.15. The highest BCUT2D eigenvalue weighted by Crippen LogP contribution is 2.31. The van der Waals surface area contributed by atoms with Crippen molar-refractivity contribution in [1.29, 1.82) is 0 Å². The third-order valence-electron chi connectivity index (χ3n) is 4.26. The molecule has 19 heavy (non-hydrogen) atoms. The zero-order valence-corrected chi connectivity index (χ0v) is 11.7. The minimum Gasteiger partial charge on any atom is -0.293 e. The summed E-state index contributed by atoms with van der Waals surface area (Å²) in [4.78, 5) is 14.5. The van der Waals surface area contributed by atoms with Gasteiger partial charge < -0.3 is 0 Å². The Kier molecular flexibility index (Phi) is 4.56. The van der Waals surface area contributed by atoms with E-state index in [1.807, 2.05) is 30.3 Å². The average Bonchev–Trinajstić information content (AvgIpc) is 2.44. The summed E-state index contributed by atoms with van der Waals surface area (Å²) in [7, 11) is 0. The number of hydrazine groups is 1. The van der Waals surface area contributed by atoms with Crippen molar-refractivity contribution in [2.24, 2.45) is 11.8 Å². The fraction of sp³-hybridized carbons (Fsp3) is 0.533. The predicted octanol–water partition coefficient (Wildman–Crippen LogP) is 1.84. The minimum absolute atomic E-state index is 0.132. The predicted molar refractivity (Wildman–Crippen MR) is 76.1 cm³/mol. The van der Waals surface area contributed by atoms with Gasteiger partial charge in [0.25, 0.3) is 5.91 Å². The summed E-state index contributed by atoms with van der Waals surface area (Å²) < 4.78 is 0. The van der Waals surface area contributed by atoms with Gasteiger partial charge in [0.15, 0.2) is 0 Å². The Morgan fingerprint density at radius 2 is 2.05 bits per heavy atom. The number of hydrogen-bond donors (Lipinski definition) is 2. The highest BCUT2D eigenvalue weighted by atomic mass is 16.2. The molecule has 1 saturated heterocycles. The first-order valence-corrected chi connectivity index (χ1v) is 6.96. The molecule has 104 valence electrons. The molecule has 0 aliphatic carbocycles. The van der Waals surface area contributed by atoms with Gasteiger partial charge in [0.1, 0.15) is 6.04 Å². The molecule has 3 N–H and O–H groups in total. The van der Waals surface area contributed by atoms with E-state index < -0.39 is 0 Å². The van der Waals surface area contributed by atoms with Crippen molar-refractivity contribution < 1.29 is 4.79 Å². The van der Waals surface area contributed by atoms with Crippen LogP contribution < -0.4 is 11.3 Å². The van der Waals surface area contributed by atoms with Crippen molar-refractivity contribution in [3.8, 4) is 0 Å². The van der Waals surface area contributed by atoms with Gasteiger partial charge >= 0.3 is 0 Å². The number of nitrogens with zero attached hydrogens (tertiary/aromatic N) is 1. The Morgan fingerprint density at radius 3 is 2.68 bits per heavy atom. The van der Waals surface area contributed by atoms with Crippen LogP contribution in [0.4, 0.5) is 0 Å². The summed E-state index contributed by atoms with van der Waals surface area (Å²) in [5, 5.41) is 0. The van der Waals surface area contributed by atoms with Crippen molar-refractivity contribution in [3.63, 3.8) is 0 Å². The molecule has 1 amide bonds. The van der Waals surface area contributed by atoms with Gasteiger partial charge in [-0.15, -0.1) is 0 Å². The van der Waals surface area contributed by atoms with Gasteiger partial charge in [-0.25, -0.2) is 5.84 Å². The molecule has 1 aliphatic rings. The number of likely N-dealkylation sites (tertiary alicyclic amines) is 1. The summed E-state index contributed by atoms with van der Waals surface area (Å²) >= 11 is 0. The van der Waals surface area contributed by atoms with Gasteiger partial charge in [-0.3, -0.25) is 15.1 Å². The van der Waals surface area contributed by atoms with Crippen molar-refractivity contribution in [3.05, 3.63) is 35.9 Å². The van der Waals surface area contributed by atoms with E-state index in [0.717, 1.165) is 18.5 Å². The van der Waals surface area contributed by atoms with Gasteiger partial charge in [0.05, 0.1) is 0 Å². The Labute approximate surface area is 114 Å². The number of hydrogen-bond acceptors (Lipinski definition) is 3. The molecule has 4 heteroatoms. The summed E-state index contributed by atoms with van der Waals surface area (Å²) in [6, 6.07) is 9.97. The quantitative estimate of drug-likeness (QED) is 0.496. The average molecular weight is 261 g/mol. The number of piperidine rings is 1. The van der Waals surface area contributed by atoms with E-state index in [1.54, 1.807) is 0 Å². The second-order valence-electron chi connectivity index (χ2n) is 5.42. The Hall–Kier alpha value is -1.39. The molecule has 2 rings (SSSR count). The van der Waals surface area contributed by atoms with E-state index in [-0.39, 0.29) is 11.9 Å². The molecule has 1 aromatic rings. The lowest BCUT2D eigenvalue weighted by molar-refractivity contribution is -0.128. The van der Waals surface area contributed by atoms with Crippen LogP contribution in [0.2, 0.25) is 0 Å². The number of nitrogens with one attached hydrogen (secondary N) is 1. The van der Waals surface area contributed by atoms with Crippen LogP contribution in [0.3, 0.4) is 0 Å². The highest BCUT2D eigenvalue weighted by Gasteiger charge is 2.34. The van der Waals surface area contributed by atoms with Gasteiger partial charge in [0, 0.05) is 6.04 Å². The van der Waals surface area contributed by atoms with Gasteiger partial charge in [-0.2, -0.15) is 0 Å². The first-order valence-electron chi connectivity index (χ1n) is 6.96. The molecule has 1 heterocycles. The molecule has 0 aromatic heterocycles. The van der Waals surface area contributed by atoms with Crippen molar-refractivity contribution >= 4 is 5.91 Å². The normalized spacial score (nSPS) is 25.8. The zero-order chi connectivity index (χ0) is 13.8. The topological polar surface area (TPSA) is 58.4 Å². The maximum absolute atomic E-state index is 12.2. The fourth-order valence-corrected chi connectivity index (χ4v) is 2.94. The minimum atomic E-state index is -0.288. The summed E-state index contributed by atoms with van der Waals surface area (Å²) in [6.45, 7) is 5.39. The van der Waals surface area contributed by atoms with Crippen LogP contribution in [0.1, 0.15) is 38.3 Å². The molecule has 4 nitrogen and oxygen atoms in total. The largest absolute Gasteiger partial charge is 0.293 e. The van der Waals surface area contributed by atoms with E-state index in [0.29, 0.717) is 12.0 Å². The van der Waals surface area contributed by atoms with Crippen LogP contribution in [0.5, 0.6) is 0 Å². The third kappa shape index (κ3) is 2.96. The molecule has 1 aromatic carbocycles. The maximum atomic E-state index is 12.2. The van der Waals surface area contributed by atoms with E-state index in [2.05, 4.69) is 24.2 Å². The van der Waals surface area contributed by atoms with Crippen LogP contribution in [0.15, 0.2) is 30.3 Å². The van der Waals surface area contributed by atoms with Crippen LogP contribution in [-0.2, 0) is 4.79 Å². The van der Waals surface area contributed by atoms with Crippen molar-refractivity contribution in [2.75, 3.05) is 6.54 Å². The van der Waals surface area contributed by atoms with Crippen LogP contribution in [-0.4, -0.2) is 23.4 Å². The van der Waals surface area contributed by atoms with E-state index in [9.17, 15) is 4.79 Å². The molecule has 3 atom stereocenters. The lowest BCUT2D eigenvalue weighted by atomic mass is 9.89. The van der Waals surface area contributed by atoms with E-state index >= 15 is 0 Å². The smallest absolute Gasteiger partial charge is 0.255 e. The van der Waals surface area contributed by atoms with Crippen LogP contribution in [0, 0.1) is 5.92 Å². The molecule has 0 radical (unpaired) electrons. The fourth-order valence-electron chi connectivity index (χ4n) is 2.94. The second-order valence-corrected chi connectivity index (χ2v) is 5.42. The molecular weight excluding hydrogens is 238 g/mol. The second kappa shape index (κ2) is 6.17. The molecule has 0 saturated carbocycles. The van der Waals surface area contributed by atoms with Gasteiger partial charge in [-0.1, -0.05) is 37.3 Å². The Bertz CT molecular complexity index is 421. The van der Waals surface area contributed by atoms with Gasteiger partial charge in [-0.05, 0) is 37.8 Å². The Morgan fingerprint density at radius 1 is 1.37 bits per heavy atom. The summed E-state index contributed by atoms with van der Waals surface area (Å²) in [5.74, 6) is 5.84. The monoisotopic (exact) mass is 261 g/mol. The SMILES string of the molecule is CC1CCCN(C(C(=O)NN)c2ccccc2)C1C. The molecule has 0 spiro atoms. The van der Waals surface area contributed by atoms with E-state index in [1.165, 1.54) is 6.42 Å². The number of benzene rings is 1. The first kappa shape index (κ1) is 14.0. The lowest BCUT2D eigenvalue weighted by Gasteiger charge is -2.42. The summed E-state index contributed by atoms with van der Waals surface area (Å²) in [5.41, 5.74) is 3.32. The standard InChI is InChI=1S/C15H23N3O/c1-11-7-6-10-18(12(11)2)14(15(19)17-16)13-8-4-3-5-9-13/h3-5,8-9,11-12,14H,6-7,10,16H2,1-2H3,(H,17,19). The zero-order valence-electron chi connectivity index (χ0n) is 11.7. The summed E-state index contributed by atoms with van der Waals surface area (Å²) in [6.07, 6.45) is 2.36.